The SMILES string of the molecule is CCc1nc(Cn2cnc3cc(F)c(F)cc32)no1. The molecule has 0 radical (unpaired) electrons. The number of halogens is 2. The van der Waals surface area contributed by atoms with Crippen LogP contribution in [0.3, 0.4) is 0 Å². The van der Waals surface area contributed by atoms with Crippen LogP contribution in [-0.4, -0.2) is 19.7 Å². The van der Waals surface area contributed by atoms with Crippen molar-refractivity contribution in [1.82, 2.24) is 19.7 Å². The molecule has 0 N–H and O–H groups in total. The Kier molecular flexibility index (Phi) is 2.73. The number of nitrogens with zero attached hydrogens (tertiary/aromatic N) is 4. The number of hydrogen-bond donors (Lipinski definition) is 0. The Labute approximate surface area is 106 Å². The Hall–Kier alpha value is -2.31. The highest BCUT2D eigenvalue weighted by Gasteiger charge is 2.11. The minimum Gasteiger partial charge on any atom is -0.339 e. The number of imidazole rings is 1. The van der Waals surface area contributed by atoms with Gasteiger partial charge in [0.05, 0.1) is 23.9 Å². The number of rotatable bonds is 3. The third-order valence-electron chi connectivity index (χ3n) is 2.79. The van der Waals surface area contributed by atoms with Crippen molar-refractivity contribution >= 4 is 11.0 Å². The van der Waals surface area contributed by atoms with Gasteiger partial charge in [-0.2, -0.15) is 4.98 Å². The molecule has 0 aliphatic carbocycles. The van der Waals surface area contributed by atoms with Gasteiger partial charge in [0.15, 0.2) is 17.5 Å². The van der Waals surface area contributed by atoms with E-state index in [1.807, 2.05) is 6.92 Å². The first kappa shape index (κ1) is 11.8. The van der Waals surface area contributed by atoms with Crippen molar-refractivity contribution in [1.29, 1.82) is 0 Å². The average molecular weight is 264 g/mol. The second-order valence-electron chi connectivity index (χ2n) is 4.09. The molecule has 5 nitrogen and oxygen atoms in total. The van der Waals surface area contributed by atoms with E-state index in [2.05, 4.69) is 15.1 Å². The van der Waals surface area contributed by atoms with Gasteiger partial charge in [0, 0.05) is 18.6 Å². The summed E-state index contributed by atoms with van der Waals surface area (Å²) in [5.74, 6) is -0.806. The van der Waals surface area contributed by atoms with Crippen molar-refractivity contribution in [2.45, 2.75) is 19.9 Å². The first-order valence-corrected chi connectivity index (χ1v) is 5.78. The fourth-order valence-corrected chi connectivity index (χ4v) is 1.83. The van der Waals surface area contributed by atoms with Gasteiger partial charge in [-0.25, -0.2) is 13.8 Å². The van der Waals surface area contributed by atoms with E-state index >= 15 is 0 Å². The molecule has 1 aromatic carbocycles. The Morgan fingerprint density at radius 2 is 2.05 bits per heavy atom. The summed E-state index contributed by atoms with van der Waals surface area (Å²) in [5.41, 5.74) is 0.875. The third kappa shape index (κ3) is 2.07. The maximum Gasteiger partial charge on any atom is 0.226 e. The van der Waals surface area contributed by atoms with Crippen LogP contribution >= 0.6 is 0 Å². The minimum atomic E-state index is -0.911. The first-order chi connectivity index (χ1) is 9.17. The van der Waals surface area contributed by atoms with E-state index in [-0.39, 0.29) is 0 Å². The summed E-state index contributed by atoms with van der Waals surface area (Å²) in [4.78, 5) is 8.17. The molecule has 0 amide bonds. The molecule has 98 valence electrons. The van der Waals surface area contributed by atoms with Gasteiger partial charge in [0.25, 0.3) is 0 Å². The molecule has 3 aromatic rings. The van der Waals surface area contributed by atoms with Crippen LogP contribution in [-0.2, 0) is 13.0 Å². The van der Waals surface area contributed by atoms with Crippen LogP contribution in [0.2, 0.25) is 0 Å². The van der Waals surface area contributed by atoms with Crippen LogP contribution in [0.25, 0.3) is 11.0 Å². The van der Waals surface area contributed by atoms with Gasteiger partial charge in [0.2, 0.25) is 5.89 Å². The molecule has 19 heavy (non-hydrogen) atoms. The van der Waals surface area contributed by atoms with E-state index in [1.165, 1.54) is 6.33 Å². The van der Waals surface area contributed by atoms with E-state index in [0.717, 1.165) is 12.1 Å². The smallest absolute Gasteiger partial charge is 0.226 e. The Morgan fingerprint density at radius 1 is 1.26 bits per heavy atom. The maximum atomic E-state index is 13.2. The third-order valence-corrected chi connectivity index (χ3v) is 2.79. The number of aryl methyl sites for hydroxylation is 1. The maximum absolute atomic E-state index is 13.2. The predicted octanol–water partition coefficient (Wildman–Crippen LogP) is 2.31. The second-order valence-corrected chi connectivity index (χ2v) is 4.09. The van der Waals surface area contributed by atoms with Gasteiger partial charge in [-0.3, -0.25) is 0 Å². The lowest BCUT2D eigenvalue weighted by atomic mass is 10.3. The second kappa shape index (κ2) is 4.42. The predicted molar refractivity (Wildman–Crippen MR) is 62.4 cm³/mol. The monoisotopic (exact) mass is 264 g/mol. The Balaban J connectivity index is 1.98. The van der Waals surface area contributed by atoms with Crippen molar-refractivity contribution in [3.05, 3.63) is 41.8 Å². The summed E-state index contributed by atoms with van der Waals surface area (Å²) in [6, 6.07) is 2.17. The molecule has 0 spiro atoms. The van der Waals surface area contributed by atoms with E-state index in [4.69, 9.17) is 4.52 Å². The highest BCUT2D eigenvalue weighted by atomic mass is 19.2. The van der Waals surface area contributed by atoms with Crippen LogP contribution in [0.4, 0.5) is 8.78 Å². The number of benzene rings is 1. The zero-order chi connectivity index (χ0) is 13.4. The molecule has 0 fully saturated rings. The summed E-state index contributed by atoms with van der Waals surface area (Å²) in [7, 11) is 0. The summed E-state index contributed by atoms with van der Waals surface area (Å²) in [6.07, 6.45) is 2.14. The van der Waals surface area contributed by atoms with Crippen molar-refractivity contribution < 1.29 is 13.3 Å². The molecule has 3 rings (SSSR count). The lowest BCUT2D eigenvalue weighted by Crippen LogP contribution is -2.00. The van der Waals surface area contributed by atoms with Crippen LogP contribution in [0, 0.1) is 11.6 Å². The molecule has 0 aliphatic heterocycles. The molecule has 0 aliphatic rings. The Bertz CT molecular complexity index is 734. The number of fused-ring (bicyclic) bond motifs is 1. The largest absolute Gasteiger partial charge is 0.339 e. The lowest BCUT2D eigenvalue weighted by molar-refractivity contribution is 0.375. The fourth-order valence-electron chi connectivity index (χ4n) is 1.83. The van der Waals surface area contributed by atoms with Crippen molar-refractivity contribution in [3.63, 3.8) is 0 Å². The fraction of sp³-hybridized carbons (Fsp3) is 0.250. The summed E-state index contributed by atoms with van der Waals surface area (Å²) in [5, 5.41) is 3.81. The van der Waals surface area contributed by atoms with Crippen LogP contribution in [0.15, 0.2) is 23.0 Å². The highest BCUT2D eigenvalue weighted by molar-refractivity contribution is 5.75. The Morgan fingerprint density at radius 3 is 2.79 bits per heavy atom. The lowest BCUT2D eigenvalue weighted by Gasteiger charge is -2.00. The zero-order valence-electron chi connectivity index (χ0n) is 10.1. The minimum absolute atomic E-state index is 0.297. The number of aromatic nitrogens is 4. The van der Waals surface area contributed by atoms with Gasteiger partial charge in [-0.1, -0.05) is 12.1 Å². The van der Waals surface area contributed by atoms with Crippen molar-refractivity contribution in [2.24, 2.45) is 0 Å². The zero-order valence-corrected chi connectivity index (χ0v) is 10.1. The molecule has 2 heterocycles. The van der Waals surface area contributed by atoms with E-state index in [9.17, 15) is 8.78 Å². The van der Waals surface area contributed by atoms with Crippen LogP contribution in [0.1, 0.15) is 18.6 Å². The van der Waals surface area contributed by atoms with Crippen molar-refractivity contribution in [3.8, 4) is 0 Å². The summed E-state index contributed by atoms with van der Waals surface area (Å²) < 4.78 is 32.9. The molecule has 0 bridgehead atoms. The average Bonchev–Trinajstić information content (AvgIpc) is 2.99. The van der Waals surface area contributed by atoms with E-state index in [0.29, 0.717) is 35.7 Å². The van der Waals surface area contributed by atoms with Gasteiger partial charge in [-0.05, 0) is 0 Å². The molecule has 0 unspecified atom stereocenters. The molecule has 0 saturated heterocycles. The molecular weight excluding hydrogens is 254 g/mol. The van der Waals surface area contributed by atoms with E-state index in [1.54, 1.807) is 4.57 Å². The summed E-state index contributed by atoms with van der Waals surface area (Å²) in [6.45, 7) is 2.20. The topological polar surface area (TPSA) is 56.7 Å². The molecule has 0 saturated carbocycles. The first-order valence-electron chi connectivity index (χ1n) is 5.78. The summed E-state index contributed by atoms with van der Waals surface area (Å²) >= 11 is 0. The van der Waals surface area contributed by atoms with Crippen LogP contribution < -0.4 is 0 Å². The van der Waals surface area contributed by atoms with Gasteiger partial charge in [0.1, 0.15) is 0 Å². The molecule has 0 atom stereocenters. The highest BCUT2D eigenvalue weighted by Crippen LogP contribution is 2.18. The quantitative estimate of drug-likeness (QED) is 0.728. The van der Waals surface area contributed by atoms with Gasteiger partial charge >= 0.3 is 0 Å². The number of hydrogen-bond acceptors (Lipinski definition) is 4. The molecule has 2 aromatic heterocycles. The van der Waals surface area contributed by atoms with Crippen molar-refractivity contribution in [2.75, 3.05) is 0 Å². The van der Waals surface area contributed by atoms with Crippen LogP contribution in [0.5, 0.6) is 0 Å². The molecule has 7 heteroatoms. The molecular formula is C12H10F2N4O. The normalized spacial score (nSPS) is 11.3. The van der Waals surface area contributed by atoms with E-state index < -0.39 is 11.6 Å². The van der Waals surface area contributed by atoms with Gasteiger partial charge in [-0.15, -0.1) is 0 Å². The van der Waals surface area contributed by atoms with Gasteiger partial charge < -0.3 is 9.09 Å². The standard InChI is InChI=1S/C12H10F2N4O/c1-2-12-16-11(17-19-12)5-18-6-15-9-3-7(13)8(14)4-10(9)18/h3-4,6H,2,5H2,1H3.